The minimum absolute atomic E-state index is 0.0741. The molecule has 1 aromatic carbocycles. The van der Waals surface area contributed by atoms with E-state index in [2.05, 4.69) is 23.8 Å². The summed E-state index contributed by atoms with van der Waals surface area (Å²) in [5, 5.41) is 10.6. The zero-order valence-corrected chi connectivity index (χ0v) is 11.5. The lowest BCUT2D eigenvalue weighted by molar-refractivity contribution is -0.384. The second kappa shape index (κ2) is 5.83. The maximum atomic E-state index is 10.6. The highest BCUT2D eigenvalue weighted by molar-refractivity contribution is 5.60. The number of benzene rings is 1. The quantitative estimate of drug-likeness (QED) is 0.646. The Morgan fingerprint density at radius 3 is 2.55 bits per heavy atom. The van der Waals surface area contributed by atoms with E-state index in [1.54, 1.807) is 18.3 Å². The van der Waals surface area contributed by atoms with E-state index in [1.165, 1.54) is 12.1 Å². The van der Waals surface area contributed by atoms with Crippen LogP contribution in [0.2, 0.25) is 0 Å². The second-order valence-corrected chi connectivity index (χ2v) is 5.22. The van der Waals surface area contributed by atoms with Crippen LogP contribution >= 0.6 is 0 Å². The van der Waals surface area contributed by atoms with Crippen LogP contribution < -0.4 is 5.73 Å². The van der Waals surface area contributed by atoms with Gasteiger partial charge in [0.05, 0.1) is 22.9 Å². The van der Waals surface area contributed by atoms with E-state index in [1.807, 2.05) is 0 Å². The number of rotatable bonds is 5. The molecule has 0 aliphatic heterocycles. The van der Waals surface area contributed by atoms with Crippen LogP contribution in [0, 0.1) is 16.0 Å². The average Bonchev–Trinajstić information content (AvgIpc) is 2.87. The first-order valence-corrected chi connectivity index (χ1v) is 6.52. The van der Waals surface area contributed by atoms with Crippen LogP contribution in [0.25, 0.3) is 11.3 Å². The molecule has 3 N–H and O–H groups in total. The van der Waals surface area contributed by atoms with Crippen LogP contribution in [0.5, 0.6) is 0 Å². The first-order chi connectivity index (χ1) is 9.47. The molecule has 1 heterocycles. The van der Waals surface area contributed by atoms with E-state index in [4.69, 9.17) is 5.73 Å². The van der Waals surface area contributed by atoms with Crippen molar-refractivity contribution in [3.63, 3.8) is 0 Å². The smallest absolute Gasteiger partial charge is 0.269 e. The Balaban J connectivity index is 2.18. The summed E-state index contributed by atoms with van der Waals surface area (Å²) in [6.45, 7) is 4.22. The van der Waals surface area contributed by atoms with Gasteiger partial charge in [0.1, 0.15) is 5.82 Å². The molecule has 0 aliphatic rings. The third kappa shape index (κ3) is 3.21. The van der Waals surface area contributed by atoms with E-state index in [9.17, 15) is 10.1 Å². The first-order valence-electron chi connectivity index (χ1n) is 6.52. The topological polar surface area (TPSA) is 97.8 Å². The fraction of sp³-hybridized carbons (Fsp3) is 0.357. The lowest BCUT2D eigenvalue weighted by Crippen LogP contribution is -2.14. The molecular weight excluding hydrogens is 256 g/mol. The number of H-pyrrole nitrogens is 1. The van der Waals surface area contributed by atoms with Gasteiger partial charge in [0.25, 0.3) is 5.69 Å². The normalized spacial score (nSPS) is 12.6. The highest BCUT2D eigenvalue weighted by Crippen LogP contribution is 2.23. The molecule has 1 atom stereocenters. The Labute approximate surface area is 117 Å². The van der Waals surface area contributed by atoms with E-state index >= 15 is 0 Å². The van der Waals surface area contributed by atoms with Crippen molar-refractivity contribution >= 4 is 5.69 Å². The van der Waals surface area contributed by atoms with Crippen LogP contribution in [-0.2, 0) is 0 Å². The van der Waals surface area contributed by atoms with Crippen LogP contribution in [0.1, 0.15) is 32.1 Å². The highest BCUT2D eigenvalue weighted by atomic mass is 16.6. The van der Waals surface area contributed by atoms with Gasteiger partial charge in [0.2, 0.25) is 0 Å². The van der Waals surface area contributed by atoms with Crippen molar-refractivity contribution in [2.45, 2.75) is 26.3 Å². The lowest BCUT2D eigenvalue weighted by Gasteiger charge is -2.10. The van der Waals surface area contributed by atoms with Crippen LogP contribution in [0.3, 0.4) is 0 Å². The number of nitro groups is 1. The number of nitro benzene ring substituents is 1. The largest absolute Gasteiger partial charge is 0.341 e. The zero-order chi connectivity index (χ0) is 14.7. The molecule has 6 heteroatoms. The number of aromatic nitrogens is 2. The van der Waals surface area contributed by atoms with Gasteiger partial charge in [-0.2, -0.15) is 0 Å². The van der Waals surface area contributed by atoms with E-state index in [0.717, 1.165) is 23.5 Å². The molecule has 0 fully saturated rings. The summed E-state index contributed by atoms with van der Waals surface area (Å²) in [5.41, 5.74) is 7.81. The summed E-state index contributed by atoms with van der Waals surface area (Å²) < 4.78 is 0. The monoisotopic (exact) mass is 274 g/mol. The number of nitrogens with two attached hydrogens (primary N) is 1. The molecule has 6 nitrogen and oxygen atoms in total. The predicted molar refractivity (Wildman–Crippen MR) is 77.1 cm³/mol. The number of non-ortho nitro benzene ring substituents is 1. The summed E-state index contributed by atoms with van der Waals surface area (Å²) in [6.07, 6.45) is 2.56. The van der Waals surface area contributed by atoms with Gasteiger partial charge in [-0.1, -0.05) is 13.8 Å². The van der Waals surface area contributed by atoms with Gasteiger partial charge < -0.3 is 10.7 Å². The number of imidazole rings is 1. The van der Waals surface area contributed by atoms with Crippen LogP contribution in [0.4, 0.5) is 5.69 Å². The van der Waals surface area contributed by atoms with E-state index in [-0.39, 0.29) is 11.7 Å². The van der Waals surface area contributed by atoms with Gasteiger partial charge in [-0.25, -0.2) is 4.98 Å². The second-order valence-electron chi connectivity index (χ2n) is 5.22. The summed E-state index contributed by atoms with van der Waals surface area (Å²) in [6, 6.07) is 6.22. The molecule has 20 heavy (non-hydrogen) atoms. The molecule has 0 saturated carbocycles. The summed E-state index contributed by atoms with van der Waals surface area (Å²) >= 11 is 0. The average molecular weight is 274 g/mol. The van der Waals surface area contributed by atoms with Crippen molar-refractivity contribution in [2.75, 3.05) is 0 Å². The summed E-state index contributed by atoms with van der Waals surface area (Å²) in [7, 11) is 0. The molecule has 2 aromatic rings. The Morgan fingerprint density at radius 2 is 2.00 bits per heavy atom. The fourth-order valence-corrected chi connectivity index (χ4v) is 2.05. The van der Waals surface area contributed by atoms with Crippen molar-refractivity contribution in [3.8, 4) is 11.3 Å². The van der Waals surface area contributed by atoms with Crippen molar-refractivity contribution in [3.05, 3.63) is 46.4 Å². The summed E-state index contributed by atoms with van der Waals surface area (Å²) in [4.78, 5) is 17.7. The van der Waals surface area contributed by atoms with Gasteiger partial charge in [0.15, 0.2) is 0 Å². The maximum Gasteiger partial charge on any atom is 0.269 e. The molecule has 0 spiro atoms. The summed E-state index contributed by atoms with van der Waals surface area (Å²) in [5.74, 6) is 1.24. The van der Waals surface area contributed by atoms with Crippen molar-refractivity contribution in [1.29, 1.82) is 0 Å². The van der Waals surface area contributed by atoms with E-state index < -0.39 is 4.92 Å². The Hall–Kier alpha value is -2.21. The van der Waals surface area contributed by atoms with Gasteiger partial charge in [-0.3, -0.25) is 10.1 Å². The third-order valence-electron chi connectivity index (χ3n) is 3.06. The fourth-order valence-electron chi connectivity index (χ4n) is 2.05. The minimum Gasteiger partial charge on any atom is -0.341 e. The first kappa shape index (κ1) is 14.2. The molecule has 1 aromatic heterocycles. The molecule has 0 amide bonds. The van der Waals surface area contributed by atoms with Crippen molar-refractivity contribution in [1.82, 2.24) is 9.97 Å². The Bertz CT molecular complexity index is 589. The molecule has 0 saturated heterocycles. The Kier molecular flexibility index (Phi) is 4.14. The Morgan fingerprint density at radius 1 is 1.35 bits per heavy atom. The minimum atomic E-state index is -0.416. The number of hydrogen-bond donors (Lipinski definition) is 2. The van der Waals surface area contributed by atoms with Crippen LogP contribution in [0.15, 0.2) is 30.5 Å². The molecule has 2 rings (SSSR count). The van der Waals surface area contributed by atoms with Gasteiger partial charge in [-0.15, -0.1) is 0 Å². The SMILES string of the molecule is CC(C)CC(N)c1ncc(-c2ccc([N+](=O)[O-])cc2)[nH]1. The third-order valence-corrected chi connectivity index (χ3v) is 3.06. The van der Waals surface area contributed by atoms with Crippen molar-refractivity contribution in [2.24, 2.45) is 11.7 Å². The molecule has 0 bridgehead atoms. The molecule has 1 unspecified atom stereocenters. The zero-order valence-electron chi connectivity index (χ0n) is 11.5. The number of nitrogens with one attached hydrogen (secondary N) is 1. The number of hydrogen-bond acceptors (Lipinski definition) is 4. The lowest BCUT2D eigenvalue weighted by atomic mass is 10.0. The standard InChI is InChI=1S/C14H18N4O2/c1-9(2)7-12(15)14-16-8-13(17-14)10-3-5-11(6-4-10)18(19)20/h3-6,8-9,12H,7,15H2,1-2H3,(H,16,17). The van der Waals surface area contributed by atoms with Gasteiger partial charge in [0, 0.05) is 17.7 Å². The number of aromatic amines is 1. The highest BCUT2D eigenvalue weighted by Gasteiger charge is 2.13. The van der Waals surface area contributed by atoms with Crippen LogP contribution in [-0.4, -0.2) is 14.9 Å². The van der Waals surface area contributed by atoms with E-state index in [0.29, 0.717) is 5.92 Å². The van der Waals surface area contributed by atoms with Crippen molar-refractivity contribution < 1.29 is 4.92 Å². The number of nitrogens with zero attached hydrogens (tertiary/aromatic N) is 2. The predicted octanol–water partition coefficient (Wildman–Crippen LogP) is 3.03. The maximum absolute atomic E-state index is 10.6. The van der Waals surface area contributed by atoms with Gasteiger partial charge in [-0.05, 0) is 24.5 Å². The molecular formula is C14H18N4O2. The molecule has 106 valence electrons. The molecule has 0 radical (unpaired) electrons. The van der Waals surface area contributed by atoms with Gasteiger partial charge >= 0.3 is 0 Å². The molecule has 0 aliphatic carbocycles.